The van der Waals surface area contributed by atoms with E-state index in [1.807, 2.05) is 5.38 Å². The number of amides is 2. The molecule has 0 atom stereocenters. The number of carbonyl (C=O) groups is 3. The van der Waals surface area contributed by atoms with Crippen LogP contribution in [0.25, 0.3) is 0 Å². The fraction of sp³-hybridized carbons (Fsp3) is 0.316. The summed E-state index contributed by atoms with van der Waals surface area (Å²) in [7, 11) is 0. The van der Waals surface area contributed by atoms with Crippen LogP contribution >= 0.6 is 11.3 Å². The van der Waals surface area contributed by atoms with Crippen LogP contribution in [0, 0.1) is 0 Å². The van der Waals surface area contributed by atoms with Crippen LogP contribution < -0.4 is 10.6 Å². The minimum absolute atomic E-state index is 0.174. The van der Waals surface area contributed by atoms with Gasteiger partial charge in [-0.25, -0.2) is 4.79 Å². The normalized spacial score (nSPS) is 13.2. The Balaban J connectivity index is 1.78. The van der Waals surface area contributed by atoms with Gasteiger partial charge in [-0.3, -0.25) is 9.59 Å². The molecule has 1 fully saturated rings. The van der Waals surface area contributed by atoms with Gasteiger partial charge >= 0.3 is 5.97 Å². The van der Waals surface area contributed by atoms with Gasteiger partial charge in [0.25, 0.3) is 5.91 Å². The van der Waals surface area contributed by atoms with Crippen LogP contribution in [0.4, 0.5) is 10.7 Å². The molecule has 2 amide bonds. The molecule has 136 valence electrons. The summed E-state index contributed by atoms with van der Waals surface area (Å²) >= 11 is 1.34. The number of carbonyl (C=O) groups excluding carboxylic acids is 3. The van der Waals surface area contributed by atoms with Crippen molar-refractivity contribution < 1.29 is 19.1 Å². The highest BCUT2D eigenvalue weighted by Gasteiger charge is 2.32. The molecule has 1 aliphatic carbocycles. The monoisotopic (exact) mass is 372 g/mol. The first kappa shape index (κ1) is 18.1. The van der Waals surface area contributed by atoms with Crippen molar-refractivity contribution in [2.24, 2.45) is 0 Å². The Morgan fingerprint density at radius 2 is 1.85 bits per heavy atom. The second-order valence-corrected chi connectivity index (χ2v) is 6.98. The molecule has 1 aromatic heterocycles. The maximum atomic E-state index is 12.5. The van der Waals surface area contributed by atoms with Crippen molar-refractivity contribution in [3.63, 3.8) is 0 Å². The Morgan fingerprint density at radius 3 is 2.42 bits per heavy atom. The van der Waals surface area contributed by atoms with Crippen LogP contribution in [0.3, 0.4) is 0 Å². The third-order valence-electron chi connectivity index (χ3n) is 4.01. The van der Waals surface area contributed by atoms with E-state index >= 15 is 0 Å². The van der Waals surface area contributed by atoms with E-state index in [4.69, 9.17) is 4.74 Å². The fourth-order valence-electron chi connectivity index (χ4n) is 2.66. The maximum Gasteiger partial charge on any atom is 0.341 e. The average Bonchev–Trinajstić information content (AvgIpc) is 3.36. The van der Waals surface area contributed by atoms with Gasteiger partial charge in [-0.1, -0.05) is 0 Å². The first-order valence-corrected chi connectivity index (χ1v) is 9.35. The van der Waals surface area contributed by atoms with Gasteiger partial charge in [0.05, 0.1) is 12.2 Å². The van der Waals surface area contributed by atoms with Crippen LogP contribution in [0.2, 0.25) is 0 Å². The zero-order valence-electron chi connectivity index (χ0n) is 14.6. The summed E-state index contributed by atoms with van der Waals surface area (Å²) in [6.07, 6.45) is 2.11. The number of benzene rings is 1. The van der Waals surface area contributed by atoms with Gasteiger partial charge in [-0.15, -0.1) is 11.3 Å². The lowest BCUT2D eigenvalue weighted by atomic mass is 10.1. The number of rotatable bonds is 6. The summed E-state index contributed by atoms with van der Waals surface area (Å²) < 4.78 is 5.16. The lowest BCUT2D eigenvalue weighted by Gasteiger charge is -2.09. The smallest absolute Gasteiger partial charge is 0.341 e. The minimum Gasteiger partial charge on any atom is -0.462 e. The number of ether oxygens (including phenoxy) is 1. The molecule has 1 heterocycles. The lowest BCUT2D eigenvalue weighted by molar-refractivity contribution is -0.114. The van der Waals surface area contributed by atoms with Crippen molar-refractivity contribution in [2.45, 2.75) is 32.6 Å². The number of esters is 1. The quantitative estimate of drug-likeness (QED) is 0.750. The van der Waals surface area contributed by atoms with E-state index in [9.17, 15) is 14.4 Å². The average molecular weight is 372 g/mol. The predicted molar refractivity (Wildman–Crippen MR) is 101 cm³/mol. The Kier molecular flexibility index (Phi) is 5.37. The van der Waals surface area contributed by atoms with E-state index in [0.717, 1.165) is 18.4 Å². The highest BCUT2D eigenvalue weighted by Crippen LogP contribution is 2.46. The third-order valence-corrected chi connectivity index (χ3v) is 4.92. The number of anilines is 2. The van der Waals surface area contributed by atoms with Crippen molar-refractivity contribution in [3.8, 4) is 0 Å². The van der Waals surface area contributed by atoms with Gasteiger partial charge in [-0.05, 0) is 60.9 Å². The Labute approximate surface area is 155 Å². The summed E-state index contributed by atoms with van der Waals surface area (Å²) in [5.41, 5.74) is 2.50. The molecule has 0 spiro atoms. The Bertz CT molecular complexity index is 838. The van der Waals surface area contributed by atoms with Crippen molar-refractivity contribution in [1.29, 1.82) is 0 Å². The molecular weight excluding hydrogens is 352 g/mol. The molecule has 1 aromatic carbocycles. The second kappa shape index (κ2) is 7.70. The molecule has 0 aliphatic heterocycles. The van der Waals surface area contributed by atoms with Gasteiger partial charge in [0.2, 0.25) is 5.91 Å². The first-order valence-electron chi connectivity index (χ1n) is 8.47. The van der Waals surface area contributed by atoms with Crippen molar-refractivity contribution >= 4 is 39.8 Å². The van der Waals surface area contributed by atoms with E-state index in [0.29, 0.717) is 27.7 Å². The summed E-state index contributed by atoms with van der Waals surface area (Å²) in [4.78, 5) is 35.9. The minimum atomic E-state index is -0.396. The molecule has 2 aromatic rings. The molecule has 1 aliphatic rings. The van der Waals surface area contributed by atoms with E-state index < -0.39 is 5.97 Å². The number of hydrogen-bond donors (Lipinski definition) is 2. The summed E-state index contributed by atoms with van der Waals surface area (Å²) in [6.45, 7) is 3.47. The molecule has 6 nitrogen and oxygen atoms in total. The molecule has 3 rings (SSSR count). The van der Waals surface area contributed by atoms with Crippen LogP contribution in [-0.2, 0) is 9.53 Å². The predicted octanol–water partition coefficient (Wildman–Crippen LogP) is 4.01. The van der Waals surface area contributed by atoms with Gasteiger partial charge in [-0.2, -0.15) is 0 Å². The first-order chi connectivity index (χ1) is 12.5. The van der Waals surface area contributed by atoms with E-state index in [-0.39, 0.29) is 18.4 Å². The van der Waals surface area contributed by atoms with Crippen molar-refractivity contribution in [3.05, 3.63) is 46.3 Å². The highest BCUT2D eigenvalue weighted by molar-refractivity contribution is 7.15. The van der Waals surface area contributed by atoms with Crippen LogP contribution in [-0.4, -0.2) is 24.4 Å². The van der Waals surface area contributed by atoms with E-state index in [1.54, 1.807) is 31.2 Å². The van der Waals surface area contributed by atoms with Crippen LogP contribution in [0.1, 0.15) is 58.9 Å². The molecule has 1 saturated carbocycles. The zero-order valence-corrected chi connectivity index (χ0v) is 15.4. The molecule has 7 heteroatoms. The van der Waals surface area contributed by atoms with Crippen molar-refractivity contribution in [2.75, 3.05) is 17.2 Å². The van der Waals surface area contributed by atoms with E-state index in [1.165, 1.54) is 18.3 Å². The fourth-order valence-corrected chi connectivity index (χ4v) is 3.68. The second-order valence-electron chi connectivity index (χ2n) is 6.10. The lowest BCUT2D eigenvalue weighted by Crippen LogP contribution is -2.15. The largest absolute Gasteiger partial charge is 0.462 e. The number of thiophene rings is 1. The third kappa shape index (κ3) is 4.11. The maximum absolute atomic E-state index is 12.5. The highest BCUT2D eigenvalue weighted by atomic mass is 32.1. The number of hydrogen-bond acceptors (Lipinski definition) is 5. The standard InChI is InChI=1S/C19H20N2O4S/c1-3-25-19(24)16-15(12-4-5-12)10-26-18(16)21-17(23)13-6-8-14(9-7-13)20-11(2)22/h6-10,12H,3-5H2,1-2H3,(H,20,22)(H,21,23). The van der Waals surface area contributed by atoms with Crippen LogP contribution in [0.15, 0.2) is 29.6 Å². The Morgan fingerprint density at radius 1 is 1.15 bits per heavy atom. The summed E-state index contributed by atoms with van der Waals surface area (Å²) in [5, 5.41) is 7.92. The molecule has 0 unspecified atom stereocenters. The van der Waals surface area contributed by atoms with E-state index in [2.05, 4.69) is 10.6 Å². The number of nitrogens with one attached hydrogen (secondary N) is 2. The molecule has 26 heavy (non-hydrogen) atoms. The van der Waals surface area contributed by atoms with Crippen LogP contribution in [0.5, 0.6) is 0 Å². The SMILES string of the molecule is CCOC(=O)c1c(C2CC2)csc1NC(=O)c1ccc(NC(C)=O)cc1. The summed E-state index contributed by atoms with van der Waals surface area (Å²) in [5.74, 6) is -0.498. The van der Waals surface area contributed by atoms with Gasteiger partial charge in [0, 0.05) is 18.2 Å². The topological polar surface area (TPSA) is 84.5 Å². The molecule has 0 bridgehead atoms. The molecule has 2 N–H and O–H groups in total. The van der Waals surface area contributed by atoms with Crippen molar-refractivity contribution in [1.82, 2.24) is 0 Å². The van der Waals surface area contributed by atoms with Gasteiger partial charge in [0.1, 0.15) is 5.00 Å². The zero-order chi connectivity index (χ0) is 18.7. The Hall–Kier alpha value is -2.67. The molecular formula is C19H20N2O4S. The summed E-state index contributed by atoms with van der Waals surface area (Å²) in [6, 6.07) is 6.57. The van der Waals surface area contributed by atoms with Gasteiger partial charge < -0.3 is 15.4 Å². The molecule has 0 radical (unpaired) electrons. The molecule has 0 saturated heterocycles. The van der Waals surface area contributed by atoms with Gasteiger partial charge in [0.15, 0.2) is 0 Å².